The predicted molar refractivity (Wildman–Crippen MR) is 76.9 cm³/mol. The zero-order valence-electron chi connectivity index (χ0n) is 12.3. The second kappa shape index (κ2) is 7.98. The molecule has 0 radical (unpaired) electrons. The van der Waals surface area contributed by atoms with Gasteiger partial charge in [-0.1, -0.05) is 13.8 Å². The van der Waals surface area contributed by atoms with Gasteiger partial charge in [0, 0.05) is 24.9 Å². The molecule has 7 nitrogen and oxygen atoms in total. The van der Waals surface area contributed by atoms with Gasteiger partial charge < -0.3 is 5.32 Å². The molecule has 7 heteroatoms. The van der Waals surface area contributed by atoms with E-state index in [2.05, 4.69) is 21.2 Å². The first-order valence-electron chi connectivity index (χ1n) is 6.67. The number of carbonyl (C=O) groups is 3. The fourth-order valence-corrected chi connectivity index (χ4v) is 1.73. The number of hydrogen-bond acceptors (Lipinski definition) is 4. The van der Waals surface area contributed by atoms with Gasteiger partial charge in [-0.05, 0) is 24.5 Å². The second-order valence-electron chi connectivity index (χ2n) is 5.06. The summed E-state index contributed by atoms with van der Waals surface area (Å²) in [6.45, 7) is 5.23. The standard InChI is InChI=1S/C14H20N4O3/c1-9(2)8-12(16-10(3)19)14(21)18-17-13(20)11-4-6-15-7-5-11/h4-7,9,12H,8H2,1-3H3,(H,16,19)(H,17,20)(H,18,21)/t12-/m1/s1. The SMILES string of the molecule is CC(=O)N[C@H](CC(C)C)C(=O)NNC(=O)c1ccncc1. The number of nitrogens with zero attached hydrogens (tertiary/aromatic N) is 1. The lowest BCUT2D eigenvalue weighted by Crippen LogP contribution is -2.52. The van der Waals surface area contributed by atoms with Crippen LogP contribution in [0.25, 0.3) is 0 Å². The van der Waals surface area contributed by atoms with Crippen molar-refractivity contribution in [1.29, 1.82) is 0 Å². The molecule has 3 N–H and O–H groups in total. The third kappa shape index (κ3) is 6.03. The summed E-state index contributed by atoms with van der Waals surface area (Å²) in [5, 5.41) is 2.56. The summed E-state index contributed by atoms with van der Waals surface area (Å²) in [4.78, 5) is 38.7. The van der Waals surface area contributed by atoms with Crippen LogP contribution in [0.3, 0.4) is 0 Å². The van der Waals surface area contributed by atoms with E-state index in [9.17, 15) is 14.4 Å². The minimum Gasteiger partial charge on any atom is -0.344 e. The Bertz CT molecular complexity index is 502. The summed E-state index contributed by atoms with van der Waals surface area (Å²) in [6.07, 6.45) is 3.45. The van der Waals surface area contributed by atoms with Gasteiger partial charge in [0.1, 0.15) is 6.04 Å². The van der Waals surface area contributed by atoms with Crippen LogP contribution in [0.2, 0.25) is 0 Å². The summed E-state index contributed by atoms with van der Waals surface area (Å²) >= 11 is 0. The van der Waals surface area contributed by atoms with E-state index in [1.165, 1.54) is 31.5 Å². The van der Waals surface area contributed by atoms with E-state index >= 15 is 0 Å². The first kappa shape index (κ1) is 16.6. The van der Waals surface area contributed by atoms with E-state index < -0.39 is 17.9 Å². The van der Waals surface area contributed by atoms with Crippen molar-refractivity contribution < 1.29 is 14.4 Å². The molecule has 1 atom stereocenters. The van der Waals surface area contributed by atoms with Crippen molar-refractivity contribution in [3.8, 4) is 0 Å². The van der Waals surface area contributed by atoms with E-state index in [1.54, 1.807) is 0 Å². The highest BCUT2D eigenvalue weighted by Crippen LogP contribution is 2.04. The molecule has 0 saturated carbocycles. The van der Waals surface area contributed by atoms with Gasteiger partial charge in [0.15, 0.2) is 0 Å². The number of rotatable bonds is 5. The smallest absolute Gasteiger partial charge is 0.269 e. The zero-order chi connectivity index (χ0) is 15.8. The van der Waals surface area contributed by atoms with Gasteiger partial charge in [0.25, 0.3) is 11.8 Å². The topological polar surface area (TPSA) is 100 Å². The monoisotopic (exact) mass is 292 g/mol. The molecule has 0 bridgehead atoms. The quantitative estimate of drug-likeness (QED) is 0.684. The van der Waals surface area contributed by atoms with Crippen LogP contribution >= 0.6 is 0 Å². The Balaban J connectivity index is 2.57. The molecule has 21 heavy (non-hydrogen) atoms. The van der Waals surface area contributed by atoms with Crippen LogP contribution in [0.4, 0.5) is 0 Å². The summed E-state index contributed by atoms with van der Waals surface area (Å²) in [7, 11) is 0. The van der Waals surface area contributed by atoms with E-state index in [4.69, 9.17) is 0 Å². The van der Waals surface area contributed by atoms with Gasteiger partial charge >= 0.3 is 0 Å². The van der Waals surface area contributed by atoms with E-state index in [1.807, 2.05) is 13.8 Å². The van der Waals surface area contributed by atoms with Crippen LogP contribution < -0.4 is 16.2 Å². The molecular formula is C14H20N4O3. The number of carbonyl (C=O) groups excluding carboxylic acids is 3. The first-order valence-corrected chi connectivity index (χ1v) is 6.67. The van der Waals surface area contributed by atoms with Gasteiger partial charge in [-0.3, -0.25) is 30.2 Å². The summed E-state index contributed by atoms with van der Waals surface area (Å²) in [6, 6.07) is 2.38. The van der Waals surface area contributed by atoms with E-state index in [0.717, 1.165) is 0 Å². The van der Waals surface area contributed by atoms with Crippen molar-refractivity contribution in [1.82, 2.24) is 21.2 Å². The van der Waals surface area contributed by atoms with Crippen LogP contribution in [0.5, 0.6) is 0 Å². The van der Waals surface area contributed by atoms with Gasteiger partial charge in [0.2, 0.25) is 5.91 Å². The number of hydrogen-bond donors (Lipinski definition) is 3. The largest absolute Gasteiger partial charge is 0.344 e. The maximum Gasteiger partial charge on any atom is 0.269 e. The van der Waals surface area contributed by atoms with Crippen molar-refractivity contribution in [2.45, 2.75) is 33.2 Å². The molecule has 1 heterocycles. The Morgan fingerprint density at radius 3 is 2.29 bits per heavy atom. The summed E-state index contributed by atoms with van der Waals surface area (Å²) < 4.78 is 0. The molecule has 0 aromatic carbocycles. The highest BCUT2D eigenvalue weighted by Gasteiger charge is 2.21. The minimum absolute atomic E-state index is 0.225. The highest BCUT2D eigenvalue weighted by atomic mass is 16.2. The summed E-state index contributed by atoms with van der Waals surface area (Å²) in [5.74, 6) is -0.974. The summed E-state index contributed by atoms with van der Waals surface area (Å²) in [5.41, 5.74) is 5.01. The van der Waals surface area contributed by atoms with Crippen molar-refractivity contribution in [2.75, 3.05) is 0 Å². The lowest BCUT2D eigenvalue weighted by atomic mass is 10.0. The molecule has 0 unspecified atom stereocenters. The van der Waals surface area contributed by atoms with Gasteiger partial charge in [0.05, 0.1) is 0 Å². The average molecular weight is 292 g/mol. The number of nitrogens with one attached hydrogen (secondary N) is 3. The molecule has 114 valence electrons. The van der Waals surface area contributed by atoms with Crippen molar-refractivity contribution in [3.63, 3.8) is 0 Å². The van der Waals surface area contributed by atoms with Crippen molar-refractivity contribution in [2.24, 2.45) is 5.92 Å². The van der Waals surface area contributed by atoms with Gasteiger partial charge in [-0.25, -0.2) is 0 Å². The fraction of sp³-hybridized carbons (Fsp3) is 0.429. The highest BCUT2D eigenvalue weighted by molar-refractivity contribution is 5.96. The Kier molecular flexibility index (Phi) is 6.32. The van der Waals surface area contributed by atoms with E-state index in [-0.39, 0.29) is 11.8 Å². The molecule has 1 rings (SSSR count). The zero-order valence-corrected chi connectivity index (χ0v) is 12.3. The Morgan fingerprint density at radius 2 is 1.76 bits per heavy atom. The molecule has 0 saturated heterocycles. The van der Waals surface area contributed by atoms with Crippen molar-refractivity contribution in [3.05, 3.63) is 30.1 Å². The van der Waals surface area contributed by atoms with Crippen LogP contribution in [0, 0.1) is 5.92 Å². The van der Waals surface area contributed by atoms with Crippen LogP contribution in [0.1, 0.15) is 37.6 Å². The molecule has 0 aliphatic carbocycles. The molecule has 0 aliphatic rings. The minimum atomic E-state index is -0.680. The third-order valence-corrected chi connectivity index (χ3v) is 2.64. The number of amides is 3. The maximum absolute atomic E-state index is 12.0. The maximum atomic E-state index is 12.0. The molecule has 1 aromatic rings. The van der Waals surface area contributed by atoms with E-state index in [0.29, 0.717) is 12.0 Å². The molecule has 3 amide bonds. The fourth-order valence-electron chi connectivity index (χ4n) is 1.73. The number of pyridine rings is 1. The average Bonchev–Trinajstić information content (AvgIpc) is 2.43. The molecule has 1 aromatic heterocycles. The Labute approximate surface area is 123 Å². The number of hydrazine groups is 1. The molecule has 0 spiro atoms. The second-order valence-corrected chi connectivity index (χ2v) is 5.06. The normalized spacial score (nSPS) is 11.6. The lowest BCUT2D eigenvalue weighted by Gasteiger charge is -2.19. The van der Waals surface area contributed by atoms with Gasteiger partial charge in [-0.15, -0.1) is 0 Å². The molecule has 0 aliphatic heterocycles. The van der Waals surface area contributed by atoms with Gasteiger partial charge in [-0.2, -0.15) is 0 Å². The number of aromatic nitrogens is 1. The lowest BCUT2D eigenvalue weighted by molar-refractivity contribution is -0.129. The molecule has 0 fully saturated rings. The predicted octanol–water partition coefficient (Wildman–Crippen LogP) is 0.393. The Morgan fingerprint density at radius 1 is 1.14 bits per heavy atom. The van der Waals surface area contributed by atoms with Crippen LogP contribution in [-0.2, 0) is 9.59 Å². The third-order valence-electron chi connectivity index (χ3n) is 2.64. The van der Waals surface area contributed by atoms with Crippen molar-refractivity contribution >= 4 is 17.7 Å². The Hall–Kier alpha value is -2.44. The van der Waals surface area contributed by atoms with Crippen LogP contribution in [-0.4, -0.2) is 28.7 Å². The first-order chi connectivity index (χ1) is 9.90. The van der Waals surface area contributed by atoms with Crippen LogP contribution in [0.15, 0.2) is 24.5 Å². The molecular weight excluding hydrogens is 272 g/mol.